The van der Waals surface area contributed by atoms with Gasteiger partial charge in [0.25, 0.3) is 5.91 Å². The molecule has 7 heteroatoms. The third-order valence-corrected chi connectivity index (χ3v) is 6.95. The summed E-state index contributed by atoms with van der Waals surface area (Å²) in [5, 5.41) is 2.07. The molecule has 0 N–H and O–H groups in total. The van der Waals surface area contributed by atoms with Gasteiger partial charge in [-0.15, -0.1) is 11.3 Å². The number of carbonyl (C=O) groups excluding carboxylic acids is 2. The largest absolute Gasteiger partial charge is 0.383 e. The second-order valence-electron chi connectivity index (χ2n) is 8.18. The molecular formula is C26H27FN2O3S. The molecule has 4 rings (SSSR count). The average molecular weight is 467 g/mol. The highest BCUT2D eigenvalue weighted by molar-refractivity contribution is 7.10. The van der Waals surface area contributed by atoms with Crippen LogP contribution in [0.1, 0.15) is 38.0 Å². The molecule has 1 aromatic heterocycles. The smallest absolute Gasteiger partial charge is 0.254 e. The molecule has 0 saturated carbocycles. The number of amides is 2. The quantitative estimate of drug-likeness (QED) is 0.517. The highest BCUT2D eigenvalue weighted by Gasteiger charge is 2.34. The van der Waals surface area contributed by atoms with Crippen LogP contribution in [-0.4, -0.2) is 55.0 Å². The number of ether oxygens (including phenoxy) is 1. The zero-order chi connectivity index (χ0) is 23.4. The maximum Gasteiger partial charge on any atom is 0.254 e. The van der Waals surface area contributed by atoms with Gasteiger partial charge in [-0.05, 0) is 60.2 Å². The molecule has 0 aliphatic carbocycles. The van der Waals surface area contributed by atoms with Crippen molar-refractivity contribution < 1.29 is 18.7 Å². The first kappa shape index (κ1) is 23.1. The van der Waals surface area contributed by atoms with E-state index in [-0.39, 0.29) is 30.9 Å². The van der Waals surface area contributed by atoms with Crippen LogP contribution in [0.5, 0.6) is 0 Å². The average Bonchev–Trinajstić information content (AvgIpc) is 3.30. The minimum absolute atomic E-state index is 0.0681. The summed E-state index contributed by atoms with van der Waals surface area (Å²) in [6.45, 7) is 3.13. The summed E-state index contributed by atoms with van der Waals surface area (Å²) in [5.41, 5.74) is 3.71. The number of fused-ring (bicyclic) bond motifs is 1. The van der Waals surface area contributed by atoms with Crippen LogP contribution in [0.4, 0.5) is 4.39 Å². The fraction of sp³-hybridized carbons (Fsp3) is 0.308. The first-order valence-corrected chi connectivity index (χ1v) is 11.8. The second-order valence-corrected chi connectivity index (χ2v) is 9.18. The minimum Gasteiger partial charge on any atom is -0.383 e. The highest BCUT2D eigenvalue weighted by Crippen LogP contribution is 2.38. The van der Waals surface area contributed by atoms with Crippen LogP contribution >= 0.6 is 11.3 Å². The van der Waals surface area contributed by atoms with Crippen molar-refractivity contribution in [2.24, 2.45) is 0 Å². The third kappa shape index (κ3) is 5.15. The van der Waals surface area contributed by atoms with Crippen molar-refractivity contribution >= 4 is 23.2 Å². The summed E-state index contributed by atoms with van der Waals surface area (Å²) in [7, 11) is 1.55. The SMILES string of the molecule is COCCN(CC(=O)N1CCc2sccc2C1c1ccc(C)cc1)C(=O)c1ccc(F)cc1. The molecule has 1 aliphatic heterocycles. The number of hydrogen-bond donors (Lipinski definition) is 0. The van der Waals surface area contributed by atoms with Gasteiger partial charge in [0.2, 0.25) is 5.91 Å². The molecule has 0 radical (unpaired) electrons. The standard InChI is InChI=1S/C26H27FN2O3S/c1-18-3-5-19(6-4-18)25-22-12-16-33-23(22)11-13-29(25)24(30)17-28(14-15-32-2)26(31)20-7-9-21(27)10-8-20/h3-10,12,16,25H,11,13-15,17H2,1-2H3. The van der Waals surface area contributed by atoms with Gasteiger partial charge in [-0.25, -0.2) is 4.39 Å². The molecule has 1 atom stereocenters. The first-order valence-electron chi connectivity index (χ1n) is 10.9. The van der Waals surface area contributed by atoms with E-state index in [2.05, 4.69) is 35.7 Å². The lowest BCUT2D eigenvalue weighted by Crippen LogP contribution is -2.47. The van der Waals surface area contributed by atoms with E-state index < -0.39 is 5.82 Å². The van der Waals surface area contributed by atoms with Crippen molar-refractivity contribution in [1.29, 1.82) is 0 Å². The molecule has 2 amide bonds. The Morgan fingerprint density at radius 1 is 1.12 bits per heavy atom. The number of aryl methyl sites for hydroxylation is 1. The Hall–Kier alpha value is -3.03. The molecule has 2 aromatic carbocycles. The molecule has 2 heterocycles. The number of thiophene rings is 1. The molecule has 0 saturated heterocycles. The Balaban J connectivity index is 1.60. The van der Waals surface area contributed by atoms with Crippen LogP contribution in [0.3, 0.4) is 0 Å². The van der Waals surface area contributed by atoms with E-state index in [0.717, 1.165) is 23.1 Å². The van der Waals surface area contributed by atoms with Crippen molar-refractivity contribution in [3.8, 4) is 0 Å². The van der Waals surface area contributed by atoms with Crippen LogP contribution in [0.25, 0.3) is 0 Å². The van der Waals surface area contributed by atoms with Gasteiger partial charge >= 0.3 is 0 Å². The van der Waals surface area contributed by atoms with Gasteiger partial charge in [0.15, 0.2) is 0 Å². The van der Waals surface area contributed by atoms with E-state index in [1.165, 1.54) is 34.0 Å². The fourth-order valence-electron chi connectivity index (χ4n) is 4.18. The molecule has 1 unspecified atom stereocenters. The van der Waals surface area contributed by atoms with E-state index in [9.17, 15) is 14.0 Å². The van der Waals surface area contributed by atoms with Gasteiger partial charge in [0.1, 0.15) is 12.4 Å². The molecule has 0 fully saturated rings. The summed E-state index contributed by atoms with van der Waals surface area (Å²) in [5.74, 6) is -0.851. The van der Waals surface area contributed by atoms with Crippen LogP contribution in [0.2, 0.25) is 0 Å². The van der Waals surface area contributed by atoms with E-state index in [0.29, 0.717) is 18.7 Å². The lowest BCUT2D eigenvalue weighted by atomic mass is 9.92. The zero-order valence-electron chi connectivity index (χ0n) is 18.8. The van der Waals surface area contributed by atoms with Gasteiger partial charge in [-0.1, -0.05) is 29.8 Å². The van der Waals surface area contributed by atoms with Gasteiger partial charge in [0, 0.05) is 30.6 Å². The van der Waals surface area contributed by atoms with Gasteiger partial charge in [-0.3, -0.25) is 9.59 Å². The maximum absolute atomic E-state index is 13.6. The number of hydrogen-bond acceptors (Lipinski definition) is 4. The number of carbonyl (C=O) groups is 2. The summed E-state index contributed by atoms with van der Waals surface area (Å²) < 4.78 is 18.5. The molecule has 172 valence electrons. The van der Waals surface area contributed by atoms with Crippen molar-refractivity contribution in [1.82, 2.24) is 9.80 Å². The number of methoxy groups -OCH3 is 1. The van der Waals surface area contributed by atoms with Crippen LogP contribution in [0, 0.1) is 12.7 Å². The first-order chi connectivity index (χ1) is 16.0. The summed E-state index contributed by atoms with van der Waals surface area (Å²) in [6, 6.07) is 15.5. The Labute approximate surface area is 197 Å². The predicted molar refractivity (Wildman–Crippen MR) is 127 cm³/mol. The second kappa shape index (κ2) is 10.3. The molecule has 1 aliphatic rings. The number of rotatable bonds is 7. The van der Waals surface area contributed by atoms with Crippen molar-refractivity contribution in [3.63, 3.8) is 0 Å². The molecule has 0 bridgehead atoms. The lowest BCUT2D eigenvalue weighted by Gasteiger charge is -2.37. The predicted octanol–water partition coefficient (Wildman–Crippen LogP) is 4.46. The van der Waals surface area contributed by atoms with E-state index >= 15 is 0 Å². The highest BCUT2D eigenvalue weighted by atomic mass is 32.1. The monoisotopic (exact) mass is 466 g/mol. The van der Waals surface area contributed by atoms with Crippen LogP contribution < -0.4 is 0 Å². The van der Waals surface area contributed by atoms with Gasteiger partial charge < -0.3 is 14.5 Å². The Kier molecular flexibility index (Phi) is 7.20. The molecule has 33 heavy (non-hydrogen) atoms. The number of benzene rings is 2. The Bertz CT molecular complexity index is 1110. The molecular weight excluding hydrogens is 439 g/mol. The topological polar surface area (TPSA) is 49.9 Å². The normalized spacial score (nSPS) is 15.2. The molecule has 5 nitrogen and oxygen atoms in total. The Morgan fingerprint density at radius 3 is 2.55 bits per heavy atom. The summed E-state index contributed by atoms with van der Waals surface area (Å²) in [4.78, 5) is 31.3. The van der Waals surface area contributed by atoms with E-state index in [1.807, 2.05) is 11.8 Å². The number of halogens is 1. The van der Waals surface area contributed by atoms with Gasteiger partial charge in [-0.2, -0.15) is 0 Å². The minimum atomic E-state index is -0.410. The Morgan fingerprint density at radius 2 is 1.85 bits per heavy atom. The molecule has 3 aromatic rings. The van der Waals surface area contributed by atoms with Crippen molar-refractivity contribution in [2.75, 3.05) is 33.4 Å². The summed E-state index contributed by atoms with van der Waals surface area (Å²) in [6.07, 6.45) is 0.797. The molecule has 0 spiro atoms. The van der Waals surface area contributed by atoms with Crippen LogP contribution in [0.15, 0.2) is 60.0 Å². The van der Waals surface area contributed by atoms with Crippen LogP contribution in [-0.2, 0) is 16.0 Å². The zero-order valence-corrected chi connectivity index (χ0v) is 19.6. The van der Waals surface area contributed by atoms with Gasteiger partial charge in [0.05, 0.1) is 12.6 Å². The van der Waals surface area contributed by atoms with Crippen molar-refractivity contribution in [3.05, 3.63) is 92.9 Å². The fourth-order valence-corrected chi connectivity index (χ4v) is 5.08. The van der Waals surface area contributed by atoms with E-state index in [4.69, 9.17) is 4.74 Å². The lowest BCUT2D eigenvalue weighted by molar-refractivity contribution is -0.134. The summed E-state index contributed by atoms with van der Waals surface area (Å²) >= 11 is 1.72. The third-order valence-electron chi connectivity index (χ3n) is 5.95. The van der Waals surface area contributed by atoms with Crippen molar-refractivity contribution in [2.45, 2.75) is 19.4 Å². The number of nitrogens with zero attached hydrogens (tertiary/aromatic N) is 2. The maximum atomic E-state index is 13.6. The van der Waals surface area contributed by atoms with E-state index in [1.54, 1.807) is 18.4 Å².